The van der Waals surface area contributed by atoms with Gasteiger partial charge < -0.3 is 10.6 Å². The average Bonchev–Trinajstić information content (AvgIpc) is 2.45. The third-order valence-corrected chi connectivity index (χ3v) is 4.31. The average molecular weight is 314 g/mol. The molecule has 21 heavy (non-hydrogen) atoms. The zero-order valence-electron chi connectivity index (χ0n) is 12.9. The first-order valence-electron chi connectivity index (χ1n) is 7.62. The van der Waals surface area contributed by atoms with Crippen LogP contribution in [0.3, 0.4) is 0 Å². The molecule has 1 saturated heterocycles. The molecule has 2 rings (SSSR count). The third kappa shape index (κ3) is 4.39. The van der Waals surface area contributed by atoms with E-state index in [4.69, 9.17) is 17.3 Å². The standard InChI is InChI=1S/C16H25ClFN3/c1-12(2)11-20-5-7-21(8-6-20)16(10-19)13-3-4-15(18)14(17)9-13/h3-4,9,12,16H,5-8,10-11,19H2,1-2H3. The summed E-state index contributed by atoms with van der Waals surface area (Å²) in [6.45, 7) is 10.3. The van der Waals surface area contributed by atoms with Crippen molar-refractivity contribution in [2.24, 2.45) is 11.7 Å². The minimum atomic E-state index is -0.377. The van der Waals surface area contributed by atoms with Gasteiger partial charge in [-0.1, -0.05) is 31.5 Å². The highest BCUT2D eigenvalue weighted by atomic mass is 35.5. The normalized spacial score (nSPS) is 19.1. The highest BCUT2D eigenvalue weighted by Crippen LogP contribution is 2.25. The van der Waals surface area contributed by atoms with Crippen molar-refractivity contribution in [1.82, 2.24) is 9.80 Å². The van der Waals surface area contributed by atoms with E-state index < -0.39 is 0 Å². The molecule has 5 heteroatoms. The maximum absolute atomic E-state index is 13.3. The van der Waals surface area contributed by atoms with Gasteiger partial charge in [0.1, 0.15) is 5.82 Å². The molecule has 2 N–H and O–H groups in total. The van der Waals surface area contributed by atoms with Gasteiger partial charge in [0.2, 0.25) is 0 Å². The molecule has 1 aliphatic heterocycles. The van der Waals surface area contributed by atoms with Crippen LogP contribution in [0.25, 0.3) is 0 Å². The predicted molar refractivity (Wildman–Crippen MR) is 86.1 cm³/mol. The molecule has 0 spiro atoms. The van der Waals surface area contributed by atoms with Crippen molar-refractivity contribution in [2.45, 2.75) is 19.9 Å². The van der Waals surface area contributed by atoms with Crippen LogP contribution in [0, 0.1) is 11.7 Å². The van der Waals surface area contributed by atoms with E-state index >= 15 is 0 Å². The second-order valence-corrected chi connectivity index (χ2v) is 6.56. The Morgan fingerprint density at radius 2 is 1.90 bits per heavy atom. The Morgan fingerprint density at radius 1 is 1.24 bits per heavy atom. The highest BCUT2D eigenvalue weighted by Gasteiger charge is 2.24. The second-order valence-electron chi connectivity index (χ2n) is 6.16. The molecule has 3 nitrogen and oxygen atoms in total. The summed E-state index contributed by atoms with van der Waals surface area (Å²) in [4.78, 5) is 4.87. The lowest BCUT2D eigenvalue weighted by Gasteiger charge is -2.39. The number of nitrogens with zero attached hydrogens (tertiary/aromatic N) is 2. The van der Waals surface area contributed by atoms with Crippen LogP contribution in [0.4, 0.5) is 4.39 Å². The molecule has 1 unspecified atom stereocenters. The Kier molecular flexibility index (Phi) is 5.99. The fraction of sp³-hybridized carbons (Fsp3) is 0.625. The van der Waals surface area contributed by atoms with E-state index in [2.05, 4.69) is 23.6 Å². The molecule has 0 aromatic heterocycles. The first-order valence-corrected chi connectivity index (χ1v) is 8.00. The summed E-state index contributed by atoms with van der Waals surface area (Å²) in [6.07, 6.45) is 0. The van der Waals surface area contributed by atoms with Gasteiger partial charge in [0, 0.05) is 45.3 Å². The number of rotatable bonds is 5. The Balaban J connectivity index is 2.00. The van der Waals surface area contributed by atoms with Crippen molar-refractivity contribution < 1.29 is 4.39 Å². The van der Waals surface area contributed by atoms with Crippen molar-refractivity contribution in [3.63, 3.8) is 0 Å². The number of halogens is 2. The van der Waals surface area contributed by atoms with Crippen LogP contribution in [0.2, 0.25) is 5.02 Å². The van der Waals surface area contributed by atoms with Crippen molar-refractivity contribution in [2.75, 3.05) is 39.3 Å². The second kappa shape index (κ2) is 7.54. The topological polar surface area (TPSA) is 32.5 Å². The van der Waals surface area contributed by atoms with Crippen LogP contribution < -0.4 is 5.73 Å². The molecular weight excluding hydrogens is 289 g/mol. The number of hydrogen-bond donors (Lipinski definition) is 1. The molecule has 0 saturated carbocycles. The monoisotopic (exact) mass is 313 g/mol. The SMILES string of the molecule is CC(C)CN1CCN(C(CN)c2ccc(F)c(Cl)c2)CC1. The lowest BCUT2D eigenvalue weighted by Crippen LogP contribution is -2.49. The summed E-state index contributed by atoms with van der Waals surface area (Å²) in [5.74, 6) is 0.315. The summed E-state index contributed by atoms with van der Waals surface area (Å²) < 4.78 is 13.3. The van der Waals surface area contributed by atoms with Gasteiger partial charge in [-0.15, -0.1) is 0 Å². The number of piperazine rings is 1. The minimum Gasteiger partial charge on any atom is -0.329 e. The molecule has 0 bridgehead atoms. The Bertz CT molecular complexity index is 459. The van der Waals surface area contributed by atoms with Crippen LogP contribution in [-0.4, -0.2) is 49.1 Å². The van der Waals surface area contributed by atoms with Gasteiger partial charge >= 0.3 is 0 Å². The predicted octanol–water partition coefficient (Wildman–Crippen LogP) is 2.75. The molecule has 1 atom stereocenters. The third-order valence-electron chi connectivity index (χ3n) is 4.02. The van der Waals surface area contributed by atoms with Crippen molar-refractivity contribution in [3.8, 4) is 0 Å². The van der Waals surface area contributed by atoms with Gasteiger partial charge in [-0.25, -0.2) is 4.39 Å². The van der Waals surface area contributed by atoms with E-state index in [1.54, 1.807) is 12.1 Å². The van der Waals surface area contributed by atoms with E-state index in [0.717, 1.165) is 38.3 Å². The quantitative estimate of drug-likeness (QED) is 0.907. The van der Waals surface area contributed by atoms with Gasteiger partial charge in [0.15, 0.2) is 0 Å². The molecule has 1 aliphatic rings. The molecule has 1 heterocycles. The minimum absolute atomic E-state index is 0.115. The van der Waals surface area contributed by atoms with E-state index in [0.29, 0.717) is 12.5 Å². The Hall–Kier alpha value is -0.680. The lowest BCUT2D eigenvalue weighted by molar-refractivity contribution is 0.0912. The van der Waals surface area contributed by atoms with Crippen molar-refractivity contribution in [3.05, 3.63) is 34.6 Å². The van der Waals surface area contributed by atoms with Gasteiger partial charge in [0.25, 0.3) is 0 Å². The van der Waals surface area contributed by atoms with E-state index in [9.17, 15) is 4.39 Å². The summed E-state index contributed by atoms with van der Waals surface area (Å²) in [5.41, 5.74) is 6.95. The smallest absolute Gasteiger partial charge is 0.141 e. The molecule has 1 aromatic rings. The van der Waals surface area contributed by atoms with Crippen LogP contribution in [-0.2, 0) is 0 Å². The van der Waals surface area contributed by atoms with Crippen LogP contribution in [0.5, 0.6) is 0 Å². The summed E-state index contributed by atoms with van der Waals surface area (Å²) in [7, 11) is 0. The largest absolute Gasteiger partial charge is 0.329 e. The van der Waals surface area contributed by atoms with E-state index in [-0.39, 0.29) is 16.9 Å². The zero-order valence-corrected chi connectivity index (χ0v) is 13.6. The molecule has 1 aromatic carbocycles. The first kappa shape index (κ1) is 16.7. The van der Waals surface area contributed by atoms with Crippen molar-refractivity contribution in [1.29, 1.82) is 0 Å². The van der Waals surface area contributed by atoms with Crippen molar-refractivity contribution >= 4 is 11.6 Å². The van der Waals surface area contributed by atoms with Gasteiger partial charge in [-0.2, -0.15) is 0 Å². The number of hydrogen-bond acceptors (Lipinski definition) is 3. The molecule has 118 valence electrons. The lowest BCUT2D eigenvalue weighted by atomic mass is 10.0. The molecule has 0 radical (unpaired) electrons. The summed E-state index contributed by atoms with van der Waals surface area (Å²) in [5, 5.41) is 0.171. The highest BCUT2D eigenvalue weighted by molar-refractivity contribution is 6.30. The van der Waals surface area contributed by atoms with Crippen LogP contribution >= 0.6 is 11.6 Å². The molecule has 0 amide bonds. The Morgan fingerprint density at radius 3 is 2.43 bits per heavy atom. The van der Waals surface area contributed by atoms with E-state index in [1.165, 1.54) is 6.07 Å². The van der Waals surface area contributed by atoms with Crippen LogP contribution in [0.1, 0.15) is 25.5 Å². The first-order chi connectivity index (χ1) is 10.0. The van der Waals surface area contributed by atoms with Gasteiger partial charge in [-0.05, 0) is 23.6 Å². The molecular formula is C16H25ClFN3. The summed E-state index contributed by atoms with van der Waals surface area (Å²) >= 11 is 5.89. The van der Waals surface area contributed by atoms with Crippen LogP contribution in [0.15, 0.2) is 18.2 Å². The van der Waals surface area contributed by atoms with Gasteiger partial charge in [-0.3, -0.25) is 4.90 Å². The molecule has 1 fully saturated rings. The fourth-order valence-corrected chi connectivity index (χ4v) is 3.18. The van der Waals surface area contributed by atoms with E-state index in [1.807, 2.05) is 0 Å². The summed E-state index contributed by atoms with van der Waals surface area (Å²) in [6, 6.07) is 5.04. The maximum atomic E-state index is 13.3. The fourth-order valence-electron chi connectivity index (χ4n) is 2.99. The van der Waals surface area contributed by atoms with Gasteiger partial charge in [0.05, 0.1) is 5.02 Å². The number of benzene rings is 1. The zero-order chi connectivity index (χ0) is 15.4. The number of nitrogens with two attached hydrogens (primary N) is 1. The molecule has 0 aliphatic carbocycles. The Labute approximate surface area is 131 Å². The maximum Gasteiger partial charge on any atom is 0.141 e.